The van der Waals surface area contributed by atoms with Gasteiger partial charge in [0, 0.05) is 6.04 Å². The van der Waals surface area contributed by atoms with Crippen LogP contribution >= 0.6 is 0 Å². The molecule has 1 aromatic carbocycles. The fourth-order valence-corrected chi connectivity index (χ4v) is 2.42. The van der Waals surface area contributed by atoms with E-state index in [9.17, 15) is 0 Å². The molecule has 1 heterocycles. The molecule has 1 saturated heterocycles. The van der Waals surface area contributed by atoms with Crippen LogP contribution in [0.3, 0.4) is 0 Å². The van der Waals surface area contributed by atoms with Crippen LogP contribution in [0.2, 0.25) is 0 Å². The van der Waals surface area contributed by atoms with E-state index in [4.69, 9.17) is 4.74 Å². The summed E-state index contributed by atoms with van der Waals surface area (Å²) >= 11 is 0. The van der Waals surface area contributed by atoms with Crippen LogP contribution in [0, 0.1) is 0 Å². The van der Waals surface area contributed by atoms with Gasteiger partial charge in [0.2, 0.25) is 0 Å². The first kappa shape index (κ1) is 12.4. The molecule has 0 aliphatic carbocycles. The normalized spacial score (nSPS) is 20.2. The number of hydrogen-bond donors (Lipinski definition) is 1. The van der Waals surface area contributed by atoms with Gasteiger partial charge in [-0.15, -0.1) is 0 Å². The number of piperidine rings is 1. The molecule has 94 valence electrons. The Bertz CT molecular complexity index is 331. The lowest BCUT2D eigenvalue weighted by atomic mass is 10.0. The van der Waals surface area contributed by atoms with Crippen LogP contribution in [-0.4, -0.2) is 19.2 Å². The number of ether oxygens (including phenoxy) is 1. The largest absolute Gasteiger partial charge is 0.493 e. The summed E-state index contributed by atoms with van der Waals surface area (Å²) in [7, 11) is 0. The lowest BCUT2D eigenvalue weighted by Crippen LogP contribution is -2.35. The molecular formula is C15H23NO. The summed E-state index contributed by atoms with van der Waals surface area (Å²) in [5, 5.41) is 3.55. The van der Waals surface area contributed by atoms with Gasteiger partial charge in [-0.1, -0.05) is 31.5 Å². The van der Waals surface area contributed by atoms with Crippen LogP contribution in [0.15, 0.2) is 24.3 Å². The number of para-hydroxylation sites is 1. The van der Waals surface area contributed by atoms with Crippen molar-refractivity contribution >= 4 is 0 Å². The van der Waals surface area contributed by atoms with Crippen LogP contribution in [0.4, 0.5) is 0 Å². The maximum absolute atomic E-state index is 5.89. The third-order valence-corrected chi connectivity index (χ3v) is 3.49. The van der Waals surface area contributed by atoms with Crippen molar-refractivity contribution < 1.29 is 4.74 Å². The Morgan fingerprint density at radius 1 is 1.29 bits per heavy atom. The summed E-state index contributed by atoms with van der Waals surface area (Å²) in [5.74, 6) is 1.06. The quantitative estimate of drug-likeness (QED) is 0.843. The molecule has 0 bridgehead atoms. The fraction of sp³-hybridized carbons (Fsp3) is 0.600. The van der Waals surface area contributed by atoms with E-state index in [0.717, 1.165) is 25.2 Å². The molecule has 0 saturated carbocycles. The molecule has 17 heavy (non-hydrogen) atoms. The molecular weight excluding hydrogens is 210 g/mol. The Labute approximate surface area is 104 Å². The van der Waals surface area contributed by atoms with E-state index in [1.165, 1.54) is 31.4 Å². The van der Waals surface area contributed by atoms with E-state index < -0.39 is 0 Å². The summed E-state index contributed by atoms with van der Waals surface area (Å²) in [6.45, 7) is 4.18. The van der Waals surface area contributed by atoms with Crippen LogP contribution in [0.25, 0.3) is 0 Å². The van der Waals surface area contributed by atoms with Gasteiger partial charge in [-0.2, -0.15) is 0 Å². The zero-order valence-electron chi connectivity index (χ0n) is 10.7. The Kier molecular flexibility index (Phi) is 4.87. The average molecular weight is 233 g/mol. The van der Waals surface area contributed by atoms with E-state index in [2.05, 4.69) is 30.4 Å². The molecule has 0 aromatic heterocycles. The minimum Gasteiger partial charge on any atom is -0.493 e. The average Bonchev–Trinajstić information content (AvgIpc) is 2.40. The van der Waals surface area contributed by atoms with Crippen LogP contribution < -0.4 is 10.1 Å². The molecule has 1 aromatic rings. The Morgan fingerprint density at radius 2 is 2.18 bits per heavy atom. The molecule has 1 aliphatic rings. The molecule has 1 atom stereocenters. The van der Waals surface area contributed by atoms with Gasteiger partial charge < -0.3 is 10.1 Å². The van der Waals surface area contributed by atoms with Crippen molar-refractivity contribution in [3.63, 3.8) is 0 Å². The second-order valence-electron chi connectivity index (χ2n) is 4.75. The Hall–Kier alpha value is -1.02. The van der Waals surface area contributed by atoms with Gasteiger partial charge in [0.1, 0.15) is 5.75 Å². The fourth-order valence-electron chi connectivity index (χ4n) is 2.42. The van der Waals surface area contributed by atoms with E-state index in [-0.39, 0.29) is 0 Å². The standard InChI is InChI=1S/C15H23NO/c1-2-13-7-3-4-9-15(13)17-12-10-14-8-5-6-11-16-14/h3-4,7,9,14,16H,2,5-6,8,10-12H2,1H3/t14-/m0/s1. The van der Waals surface area contributed by atoms with Crippen molar-refractivity contribution in [3.05, 3.63) is 29.8 Å². The molecule has 2 nitrogen and oxygen atoms in total. The van der Waals surface area contributed by atoms with Crippen LogP contribution in [0.5, 0.6) is 5.75 Å². The Morgan fingerprint density at radius 3 is 2.94 bits per heavy atom. The van der Waals surface area contributed by atoms with Crippen molar-refractivity contribution in [2.45, 2.75) is 45.1 Å². The summed E-state index contributed by atoms with van der Waals surface area (Å²) in [4.78, 5) is 0. The number of benzene rings is 1. The third kappa shape index (κ3) is 3.74. The number of aryl methyl sites for hydroxylation is 1. The molecule has 1 fully saturated rings. The van der Waals surface area contributed by atoms with Gasteiger partial charge in [0.25, 0.3) is 0 Å². The van der Waals surface area contributed by atoms with Gasteiger partial charge in [-0.3, -0.25) is 0 Å². The smallest absolute Gasteiger partial charge is 0.122 e. The first-order valence-corrected chi connectivity index (χ1v) is 6.84. The maximum atomic E-state index is 5.89. The van der Waals surface area contributed by atoms with Crippen molar-refractivity contribution in [2.75, 3.05) is 13.2 Å². The lowest BCUT2D eigenvalue weighted by Gasteiger charge is -2.23. The predicted molar refractivity (Wildman–Crippen MR) is 71.6 cm³/mol. The molecule has 0 radical (unpaired) electrons. The molecule has 0 amide bonds. The summed E-state index contributed by atoms with van der Waals surface area (Å²) < 4.78 is 5.89. The summed E-state index contributed by atoms with van der Waals surface area (Å²) in [5.41, 5.74) is 1.31. The van der Waals surface area contributed by atoms with E-state index in [0.29, 0.717) is 6.04 Å². The minimum absolute atomic E-state index is 0.664. The van der Waals surface area contributed by atoms with Crippen LogP contribution in [0.1, 0.15) is 38.2 Å². The minimum atomic E-state index is 0.664. The lowest BCUT2D eigenvalue weighted by molar-refractivity contribution is 0.266. The van der Waals surface area contributed by atoms with Crippen molar-refractivity contribution in [3.8, 4) is 5.75 Å². The highest BCUT2D eigenvalue weighted by Crippen LogP contribution is 2.19. The second kappa shape index (κ2) is 6.65. The van der Waals surface area contributed by atoms with Crippen molar-refractivity contribution in [1.29, 1.82) is 0 Å². The first-order chi connectivity index (χ1) is 8.40. The van der Waals surface area contributed by atoms with Gasteiger partial charge >= 0.3 is 0 Å². The van der Waals surface area contributed by atoms with Gasteiger partial charge in [0.15, 0.2) is 0 Å². The number of rotatable bonds is 5. The third-order valence-electron chi connectivity index (χ3n) is 3.49. The van der Waals surface area contributed by atoms with Gasteiger partial charge in [-0.25, -0.2) is 0 Å². The topological polar surface area (TPSA) is 21.3 Å². The highest BCUT2D eigenvalue weighted by molar-refractivity contribution is 5.33. The van der Waals surface area contributed by atoms with Gasteiger partial charge in [-0.05, 0) is 43.9 Å². The molecule has 0 unspecified atom stereocenters. The number of nitrogens with one attached hydrogen (secondary N) is 1. The summed E-state index contributed by atoms with van der Waals surface area (Å²) in [6, 6.07) is 9.01. The molecule has 2 rings (SSSR count). The van der Waals surface area contributed by atoms with Crippen molar-refractivity contribution in [2.24, 2.45) is 0 Å². The van der Waals surface area contributed by atoms with E-state index in [1.807, 2.05) is 6.07 Å². The second-order valence-corrected chi connectivity index (χ2v) is 4.75. The Balaban J connectivity index is 1.77. The first-order valence-electron chi connectivity index (χ1n) is 6.84. The van der Waals surface area contributed by atoms with Gasteiger partial charge in [0.05, 0.1) is 6.61 Å². The zero-order valence-corrected chi connectivity index (χ0v) is 10.7. The molecule has 2 heteroatoms. The number of hydrogen-bond acceptors (Lipinski definition) is 2. The summed E-state index contributed by atoms with van der Waals surface area (Å²) in [6.07, 6.45) is 6.16. The zero-order chi connectivity index (χ0) is 11.9. The highest BCUT2D eigenvalue weighted by Gasteiger charge is 2.12. The predicted octanol–water partition coefficient (Wildman–Crippen LogP) is 3.16. The van der Waals surface area contributed by atoms with Crippen molar-refractivity contribution in [1.82, 2.24) is 5.32 Å². The highest BCUT2D eigenvalue weighted by atomic mass is 16.5. The van der Waals surface area contributed by atoms with E-state index in [1.54, 1.807) is 0 Å². The van der Waals surface area contributed by atoms with Crippen LogP contribution in [-0.2, 0) is 6.42 Å². The molecule has 1 N–H and O–H groups in total. The maximum Gasteiger partial charge on any atom is 0.122 e. The molecule has 0 spiro atoms. The molecule has 1 aliphatic heterocycles. The van der Waals surface area contributed by atoms with E-state index >= 15 is 0 Å². The monoisotopic (exact) mass is 233 g/mol. The SMILES string of the molecule is CCc1ccccc1OCC[C@@H]1CCCCN1.